The van der Waals surface area contributed by atoms with Crippen LogP contribution in [0.15, 0.2) is 36.4 Å². The average molecular weight is 299 g/mol. The fourth-order valence-corrected chi connectivity index (χ4v) is 1.98. The number of hydrogen-bond donors (Lipinski definition) is 0. The van der Waals surface area contributed by atoms with Crippen LogP contribution in [0.4, 0.5) is 13.2 Å². The minimum atomic E-state index is -1.01. The van der Waals surface area contributed by atoms with Gasteiger partial charge in [0.15, 0.2) is 11.6 Å². The summed E-state index contributed by atoms with van der Waals surface area (Å²) in [4.78, 5) is 11.8. The van der Waals surface area contributed by atoms with Crippen LogP contribution in [0.5, 0.6) is 0 Å². The van der Waals surface area contributed by atoms with Gasteiger partial charge >= 0.3 is 0 Å². The molecule has 0 atom stereocenters. The normalized spacial score (nSPS) is 10.6. The number of carbonyl (C=O) groups is 1. The molecule has 0 unspecified atom stereocenters. The van der Waals surface area contributed by atoms with Crippen molar-refractivity contribution in [1.29, 1.82) is 0 Å². The van der Waals surface area contributed by atoms with Crippen LogP contribution in [0.25, 0.3) is 0 Å². The van der Waals surface area contributed by atoms with Gasteiger partial charge in [-0.15, -0.1) is 0 Å². The maximum absolute atomic E-state index is 13.5. The fourth-order valence-electron chi connectivity index (χ4n) is 1.82. The van der Waals surface area contributed by atoms with Crippen LogP contribution in [-0.4, -0.2) is 5.78 Å². The van der Waals surface area contributed by atoms with Gasteiger partial charge in [0.2, 0.25) is 0 Å². The van der Waals surface area contributed by atoms with Crippen molar-refractivity contribution in [3.05, 3.63) is 70.0 Å². The zero-order valence-electron chi connectivity index (χ0n) is 10.3. The van der Waals surface area contributed by atoms with E-state index in [-0.39, 0.29) is 29.2 Å². The number of carbonyl (C=O) groups excluding carboxylic acids is 1. The smallest absolute Gasteiger partial charge is 0.159 e. The van der Waals surface area contributed by atoms with E-state index in [0.29, 0.717) is 5.56 Å². The molecule has 1 nitrogen and oxygen atoms in total. The van der Waals surface area contributed by atoms with Crippen LogP contribution in [-0.2, 0) is 17.6 Å². The van der Waals surface area contributed by atoms with Gasteiger partial charge in [-0.25, -0.2) is 13.2 Å². The number of benzene rings is 2. The fraction of sp³-hybridized carbons (Fsp3) is 0.133. The Labute approximate surface area is 119 Å². The summed E-state index contributed by atoms with van der Waals surface area (Å²) in [5.74, 6) is -2.83. The third-order valence-electron chi connectivity index (χ3n) is 2.79. The van der Waals surface area contributed by atoms with E-state index in [4.69, 9.17) is 11.6 Å². The molecule has 0 aliphatic rings. The molecule has 104 valence electrons. The molecule has 0 bridgehead atoms. The zero-order valence-corrected chi connectivity index (χ0v) is 11.1. The molecule has 0 saturated heterocycles. The first-order chi connectivity index (χ1) is 9.45. The van der Waals surface area contributed by atoms with Crippen molar-refractivity contribution in [2.24, 2.45) is 0 Å². The van der Waals surface area contributed by atoms with Crippen molar-refractivity contribution in [1.82, 2.24) is 0 Å². The van der Waals surface area contributed by atoms with Crippen molar-refractivity contribution in [2.75, 3.05) is 0 Å². The Morgan fingerprint density at radius 2 is 1.65 bits per heavy atom. The topological polar surface area (TPSA) is 17.1 Å². The van der Waals surface area contributed by atoms with E-state index in [1.54, 1.807) is 0 Å². The van der Waals surface area contributed by atoms with Crippen LogP contribution >= 0.6 is 11.6 Å². The van der Waals surface area contributed by atoms with Crippen molar-refractivity contribution < 1.29 is 18.0 Å². The van der Waals surface area contributed by atoms with E-state index in [2.05, 4.69) is 0 Å². The van der Waals surface area contributed by atoms with Gasteiger partial charge in [-0.1, -0.05) is 23.7 Å². The Bertz CT molecular complexity index is 656. The van der Waals surface area contributed by atoms with Gasteiger partial charge in [0.1, 0.15) is 11.6 Å². The molecule has 0 heterocycles. The highest BCUT2D eigenvalue weighted by molar-refractivity contribution is 6.30. The first-order valence-corrected chi connectivity index (χ1v) is 6.23. The summed E-state index contributed by atoms with van der Waals surface area (Å²) in [5.41, 5.74) is 0.574. The molecule has 2 rings (SSSR count). The Morgan fingerprint density at radius 3 is 2.30 bits per heavy atom. The van der Waals surface area contributed by atoms with E-state index in [1.807, 2.05) is 0 Å². The highest BCUT2D eigenvalue weighted by atomic mass is 35.5. The molecule has 20 heavy (non-hydrogen) atoms. The van der Waals surface area contributed by atoms with E-state index < -0.39 is 17.5 Å². The maximum Gasteiger partial charge on any atom is 0.159 e. The lowest BCUT2D eigenvalue weighted by Crippen LogP contribution is -2.08. The van der Waals surface area contributed by atoms with E-state index in [0.717, 1.165) is 18.2 Å². The third kappa shape index (κ3) is 3.61. The Hall–Kier alpha value is -1.81. The van der Waals surface area contributed by atoms with E-state index in [1.165, 1.54) is 18.2 Å². The highest BCUT2D eigenvalue weighted by Crippen LogP contribution is 2.16. The predicted octanol–water partition coefficient (Wildman–Crippen LogP) is 4.11. The second-order valence-electron chi connectivity index (χ2n) is 4.38. The van der Waals surface area contributed by atoms with Gasteiger partial charge in [0.25, 0.3) is 0 Å². The zero-order chi connectivity index (χ0) is 14.7. The molecule has 2 aromatic rings. The summed E-state index contributed by atoms with van der Waals surface area (Å²) in [6.07, 6.45) is -0.207. The Kier molecular flexibility index (Phi) is 4.45. The predicted molar refractivity (Wildman–Crippen MR) is 70.2 cm³/mol. The lowest BCUT2D eigenvalue weighted by Gasteiger charge is -2.04. The van der Waals surface area contributed by atoms with E-state index in [9.17, 15) is 18.0 Å². The molecule has 0 radical (unpaired) electrons. The SMILES string of the molecule is O=C(Cc1ccc(F)c(F)c1)Cc1ccc(Cl)cc1F. The molecule has 0 aliphatic carbocycles. The number of Topliss-reactive ketones (excluding diaryl/α,β-unsaturated/α-hetero) is 1. The lowest BCUT2D eigenvalue weighted by atomic mass is 10.0. The van der Waals surface area contributed by atoms with Crippen molar-refractivity contribution in [3.8, 4) is 0 Å². The minimum Gasteiger partial charge on any atom is -0.299 e. The lowest BCUT2D eigenvalue weighted by molar-refractivity contribution is -0.117. The number of rotatable bonds is 4. The van der Waals surface area contributed by atoms with Crippen LogP contribution in [0.3, 0.4) is 0 Å². The molecule has 0 N–H and O–H groups in total. The molecule has 2 aromatic carbocycles. The molecular formula is C15H10ClF3O. The molecule has 0 saturated carbocycles. The standard InChI is InChI=1S/C15H10ClF3O/c16-11-3-2-10(14(18)8-11)7-12(20)5-9-1-4-13(17)15(19)6-9/h1-4,6,8H,5,7H2. The first-order valence-electron chi connectivity index (χ1n) is 5.85. The summed E-state index contributed by atoms with van der Waals surface area (Å²) in [6, 6.07) is 7.30. The van der Waals surface area contributed by atoms with Crippen LogP contribution < -0.4 is 0 Å². The summed E-state index contributed by atoms with van der Waals surface area (Å²) in [5, 5.41) is 0.249. The van der Waals surface area contributed by atoms with Crippen molar-refractivity contribution >= 4 is 17.4 Å². The van der Waals surface area contributed by atoms with Gasteiger partial charge in [-0.2, -0.15) is 0 Å². The molecule has 5 heteroatoms. The third-order valence-corrected chi connectivity index (χ3v) is 3.02. The Balaban J connectivity index is 2.07. The molecule has 0 spiro atoms. The van der Waals surface area contributed by atoms with Gasteiger partial charge < -0.3 is 0 Å². The monoisotopic (exact) mass is 298 g/mol. The first kappa shape index (κ1) is 14.6. The number of halogens is 4. The summed E-state index contributed by atoms with van der Waals surface area (Å²) in [6.45, 7) is 0. The number of hydrogen-bond acceptors (Lipinski definition) is 1. The second kappa shape index (κ2) is 6.09. The van der Waals surface area contributed by atoms with Crippen LogP contribution in [0, 0.1) is 17.5 Å². The molecule has 0 aromatic heterocycles. The van der Waals surface area contributed by atoms with Crippen LogP contribution in [0.2, 0.25) is 5.02 Å². The molecule has 0 aliphatic heterocycles. The highest BCUT2D eigenvalue weighted by Gasteiger charge is 2.11. The van der Waals surface area contributed by atoms with Gasteiger partial charge in [0, 0.05) is 17.9 Å². The largest absolute Gasteiger partial charge is 0.299 e. The van der Waals surface area contributed by atoms with E-state index >= 15 is 0 Å². The summed E-state index contributed by atoms with van der Waals surface area (Å²) < 4.78 is 39.3. The number of ketones is 1. The second-order valence-corrected chi connectivity index (χ2v) is 4.81. The van der Waals surface area contributed by atoms with Gasteiger partial charge in [0.05, 0.1) is 0 Å². The molecule has 0 amide bonds. The maximum atomic E-state index is 13.5. The summed E-state index contributed by atoms with van der Waals surface area (Å²) >= 11 is 5.61. The summed E-state index contributed by atoms with van der Waals surface area (Å²) in [7, 11) is 0. The minimum absolute atomic E-state index is 0.0841. The average Bonchev–Trinajstić information content (AvgIpc) is 2.37. The molecular weight excluding hydrogens is 289 g/mol. The van der Waals surface area contributed by atoms with Crippen LogP contribution in [0.1, 0.15) is 11.1 Å². The Morgan fingerprint density at radius 1 is 0.900 bits per heavy atom. The molecule has 0 fully saturated rings. The van der Waals surface area contributed by atoms with Crippen molar-refractivity contribution in [3.63, 3.8) is 0 Å². The quantitative estimate of drug-likeness (QED) is 0.830. The van der Waals surface area contributed by atoms with Gasteiger partial charge in [-0.05, 0) is 35.4 Å². The van der Waals surface area contributed by atoms with Crippen molar-refractivity contribution in [2.45, 2.75) is 12.8 Å². The van der Waals surface area contributed by atoms with Gasteiger partial charge in [-0.3, -0.25) is 4.79 Å².